The maximum Gasteiger partial charge on any atom is 0.0615 e. The van der Waals surface area contributed by atoms with Gasteiger partial charge in [0.2, 0.25) is 0 Å². The largest absolute Gasteiger partial charge is 0.383 e. The summed E-state index contributed by atoms with van der Waals surface area (Å²) in [7, 11) is 1.74. The van der Waals surface area contributed by atoms with Crippen molar-refractivity contribution in [1.82, 2.24) is 4.90 Å². The van der Waals surface area contributed by atoms with Gasteiger partial charge < -0.3 is 10.5 Å². The van der Waals surface area contributed by atoms with E-state index in [-0.39, 0.29) is 6.04 Å². The first-order valence-electron chi connectivity index (χ1n) is 6.67. The van der Waals surface area contributed by atoms with Crippen molar-refractivity contribution in [3.8, 4) is 0 Å². The quantitative estimate of drug-likeness (QED) is 0.808. The Balaban J connectivity index is 2.74. The van der Waals surface area contributed by atoms with E-state index < -0.39 is 0 Å². The first-order chi connectivity index (χ1) is 8.61. The molecular formula is C15H26N2O. The SMILES string of the molecule is CCN(C(C)COC)C(C)C(N)c1ccccc1. The summed E-state index contributed by atoms with van der Waals surface area (Å²) in [6.45, 7) is 8.25. The number of nitrogens with zero attached hydrogens (tertiary/aromatic N) is 1. The van der Waals surface area contributed by atoms with E-state index >= 15 is 0 Å². The van der Waals surface area contributed by atoms with Gasteiger partial charge in [0.1, 0.15) is 0 Å². The molecule has 0 saturated heterocycles. The second-order valence-electron chi connectivity index (χ2n) is 4.81. The Labute approximate surface area is 111 Å². The van der Waals surface area contributed by atoms with Gasteiger partial charge in [0, 0.05) is 25.2 Å². The van der Waals surface area contributed by atoms with E-state index in [0.29, 0.717) is 12.1 Å². The van der Waals surface area contributed by atoms with E-state index in [0.717, 1.165) is 13.2 Å². The minimum atomic E-state index is 0.0328. The number of nitrogens with two attached hydrogens (primary N) is 1. The standard InChI is InChI=1S/C15H26N2O/c1-5-17(12(2)11-18-4)13(3)15(16)14-9-7-6-8-10-14/h6-10,12-13,15H,5,11,16H2,1-4H3. The molecule has 3 heteroatoms. The highest BCUT2D eigenvalue weighted by Gasteiger charge is 2.24. The predicted molar refractivity (Wildman–Crippen MR) is 76.6 cm³/mol. The highest BCUT2D eigenvalue weighted by molar-refractivity contribution is 5.20. The molecule has 102 valence electrons. The molecule has 0 aromatic heterocycles. The summed E-state index contributed by atoms with van der Waals surface area (Å²) in [5.41, 5.74) is 7.55. The topological polar surface area (TPSA) is 38.5 Å². The molecule has 0 aliphatic carbocycles. The molecule has 3 atom stereocenters. The highest BCUT2D eigenvalue weighted by atomic mass is 16.5. The third-order valence-corrected chi connectivity index (χ3v) is 3.57. The van der Waals surface area contributed by atoms with Gasteiger partial charge in [-0.1, -0.05) is 37.3 Å². The second kappa shape index (κ2) is 7.52. The fraction of sp³-hybridized carbons (Fsp3) is 0.600. The van der Waals surface area contributed by atoms with Crippen LogP contribution in [0.4, 0.5) is 0 Å². The number of methoxy groups -OCH3 is 1. The van der Waals surface area contributed by atoms with Crippen molar-refractivity contribution in [3.05, 3.63) is 35.9 Å². The molecule has 3 nitrogen and oxygen atoms in total. The Kier molecular flexibility index (Phi) is 6.33. The molecule has 0 spiro atoms. The van der Waals surface area contributed by atoms with Crippen LogP contribution in [0, 0.1) is 0 Å². The molecule has 1 rings (SSSR count). The van der Waals surface area contributed by atoms with Crippen LogP contribution >= 0.6 is 0 Å². The third kappa shape index (κ3) is 3.80. The van der Waals surface area contributed by atoms with Gasteiger partial charge in [-0.3, -0.25) is 4.90 Å². The van der Waals surface area contributed by atoms with Crippen LogP contribution < -0.4 is 5.73 Å². The maximum atomic E-state index is 6.37. The Morgan fingerprint density at radius 3 is 2.33 bits per heavy atom. The van der Waals surface area contributed by atoms with E-state index in [1.54, 1.807) is 7.11 Å². The Bertz CT molecular complexity index is 329. The number of hydrogen-bond acceptors (Lipinski definition) is 3. The monoisotopic (exact) mass is 250 g/mol. The van der Waals surface area contributed by atoms with Gasteiger partial charge in [-0.15, -0.1) is 0 Å². The van der Waals surface area contributed by atoms with Crippen molar-refractivity contribution in [2.45, 2.75) is 38.9 Å². The zero-order valence-electron chi connectivity index (χ0n) is 12.0. The van der Waals surface area contributed by atoms with E-state index in [4.69, 9.17) is 10.5 Å². The number of ether oxygens (including phenoxy) is 1. The van der Waals surface area contributed by atoms with E-state index in [2.05, 4.69) is 37.8 Å². The molecule has 18 heavy (non-hydrogen) atoms. The van der Waals surface area contributed by atoms with Crippen LogP contribution in [0.25, 0.3) is 0 Å². The van der Waals surface area contributed by atoms with Crippen molar-refractivity contribution in [2.24, 2.45) is 5.73 Å². The van der Waals surface area contributed by atoms with Crippen LogP contribution in [-0.2, 0) is 4.74 Å². The van der Waals surface area contributed by atoms with Crippen LogP contribution in [0.2, 0.25) is 0 Å². The average Bonchev–Trinajstić information content (AvgIpc) is 2.40. The molecule has 0 bridgehead atoms. The zero-order chi connectivity index (χ0) is 13.5. The molecule has 0 radical (unpaired) electrons. The minimum absolute atomic E-state index is 0.0328. The van der Waals surface area contributed by atoms with E-state index in [9.17, 15) is 0 Å². The fourth-order valence-electron chi connectivity index (χ4n) is 2.50. The molecule has 0 amide bonds. The van der Waals surface area contributed by atoms with Crippen LogP contribution in [0.5, 0.6) is 0 Å². The molecule has 0 aliphatic rings. The summed E-state index contributed by atoms with van der Waals surface area (Å²) in [5, 5.41) is 0. The van der Waals surface area contributed by atoms with Crippen LogP contribution in [0.15, 0.2) is 30.3 Å². The summed E-state index contributed by atoms with van der Waals surface area (Å²) in [6.07, 6.45) is 0. The predicted octanol–water partition coefficient (Wildman–Crippen LogP) is 2.43. The van der Waals surface area contributed by atoms with Crippen molar-refractivity contribution >= 4 is 0 Å². The molecule has 2 N–H and O–H groups in total. The van der Waals surface area contributed by atoms with Crippen LogP contribution in [0.1, 0.15) is 32.4 Å². The Morgan fingerprint density at radius 1 is 1.22 bits per heavy atom. The summed E-state index contributed by atoms with van der Waals surface area (Å²) >= 11 is 0. The number of likely N-dealkylation sites (N-methyl/N-ethyl adjacent to an activating group) is 1. The second-order valence-corrected chi connectivity index (χ2v) is 4.81. The molecule has 1 aromatic carbocycles. The van der Waals surface area contributed by atoms with Gasteiger partial charge in [-0.05, 0) is 26.0 Å². The lowest BCUT2D eigenvalue weighted by molar-refractivity contribution is 0.0699. The summed E-state index contributed by atoms with van der Waals surface area (Å²) in [4.78, 5) is 2.39. The Hall–Kier alpha value is -0.900. The fourth-order valence-corrected chi connectivity index (χ4v) is 2.50. The van der Waals surface area contributed by atoms with Crippen molar-refractivity contribution in [2.75, 3.05) is 20.3 Å². The lowest BCUT2D eigenvalue weighted by Gasteiger charge is -2.36. The summed E-state index contributed by atoms with van der Waals surface area (Å²) in [5.74, 6) is 0. The van der Waals surface area contributed by atoms with Gasteiger partial charge in [-0.25, -0.2) is 0 Å². The smallest absolute Gasteiger partial charge is 0.0615 e. The first kappa shape index (κ1) is 15.2. The minimum Gasteiger partial charge on any atom is -0.383 e. The highest BCUT2D eigenvalue weighted by Crippen LogP contribution is 2.20. The molecule has 0 fully saturated rings. The van der Waals surface area contributed by atoms with Gasteiger partial charge >= 0.3 is 0 Å². The first-order valence-corrected chi connectivity index (χ1v) is 6.67. The van der Waals surface area contributed by atoms with Crippen LogP contribution in [-0.4, -0.2) is 37.2 Å². The summed E-state index contributed by atoms with van der Waals surface area (Å²) < 4.78 is 5.24. The lowest BCUT2D eigenvalue weighted by Crippen LogP contribution is -2.47. The van der Waals surface area contributed by atoms with Gasteiger partial charge in [0.25, 0.3) is 0 Å². The van der Waals surface area contributed by atoms with Crippen molar-refractivity contribution < 1.29 is 4.74 Å². The molecule has 0 saturated carbocycles. The molecular weight excluding hydrogens is 224 g/mol. The zero-order valence-corrected chi connectivity index (χ0v) is 12.0. The normalized spacial score (nSPS) is 16.6. The molecule has 1 aromatic rings. The van der Waals surface area contributed by atoms with E-state index in [1.807, 2.05) is 18.2 Å². The van der Waals surface area contributed by atoms with Gasteiger partial charge in [-0.2, -0.15) is 0 Å². The number of benzene rings is 1. The van der Waals surface area contributed by atoms with E-state index in [1.165, 1.54) is 5.56 Å². The summed E-state index contributed by atoms with van der Waals surface area (Å²) in [6, 6.07) is 11.0. The number of rotatable bonds is 7. The lowest BCUT2D eigenvalue weighted by atomic mass is 9.99. The third-order valence-electron chi connectivity index (χ3n) is 3.57. The maximum absolute atomic E-state index is 6.37. The van der Waals surface area contributed by atoms with Gasteiger partial charge in [0.05, 0.1) is 6.61 Å². The number of hydrogen-bond donors (Lipinski definition) is 1. The molecule has 0 heterocycles. The average molecular weight is 250 g/mol. The molecule has 3 unspecified atom stereocenters. The van der Waals surface area contributed by atoms with Crippen molar-refractivity contribution in [3.63, 3.8) is 0 Å². The van der Waals surface area contributed by atoms with Crippen molar-refractivity contribution in [1.29, 1.82) is 0 Å². The van der Waals surface area contributed by atoms with Crippen LogP contribution in [0.3, 0.4) is 0 Å². The molecule has 0 aliphatic heterocycles. The Morgan fingerprint density at radius 2 is 1.83 bits per heavy atom. The van der Waals surface area contributed by atoms with Gasteiger partial charge in [0.15, 0.2) is 0 Å².